The first-order valence-electron chi connectivity index (χ1n) is 9.39. The van der Waals surface area contributed by atoms with Crippen molar-refractivity contribution in [3.63, 3.8) is 0 Å². The Bertz CT molecular complexity index is 1380. The summed E-state index contributed by atoms with van der Waals surface area (Å²) in [7, 11) is 0. The zero-order valence-electron chi connectivity index (χ0n) is 16.3. The van der Waals surface area contributed by atoms with Gasteiger partial charge in [0, 0.05) is 22.0 Å². The third kappa shape index (κ3) is 4.20. The first kappa shape index (κ1) is 20.8. The van der Waals surface area contributed by atoms with Crippen LogP contribution in [-0.4, -0.2) is 5.91 Å². The van der Waals surface area contributed by atoms with Gasteiger partial charge in [0.25, 0.3) is 0 Å². The lowest BCUT2D eigenvalue weighted by Gasteiger charge is -2.14. The van der Waals surface area contributed by atoms with Crippen LogP contribution >= 0.6 is 11.6 Å². The van der Waals surface area contributed by atoms with Gasteiger partial charge in [0.15, 0.2) is 0 Å². The molecule has 0 saturated heterocycles. The van der Waals surface area contributed by atoms with E-state index >= 15 is 0 Å². The number of benzene rings is 3. The molecule has 31 heavy (non-hydrogen) atoms. The molecule has 0 atom stereocenters. The Morgan fingerprint density at radius 3 is 2.58 bits per heavy atom. The predicted molar refractivity (Wildman–Crippen MR) is 116 cm³/mol. The van der Waals surface area contributed by atoms with Gasteiger partial charge in [-0.3, -0.25) is 4.79 Å². The predicted octanol–water partition coefficient (Wildman–Crippen LogP) is 5.88. The lowest BCUT2D eigenvalue weighted by Crippen LogP contribution is -2.21. The number of hydrogen-bond donors (Lipinski definition) is 1. The standard InChI is InChI=1S/C24H16ClF2NO3/c1-13-4-2-3-5-16(13)23-17-10-14(25)6-9-21(17)31-24(30)18(23)12-22(29)28-20-8-7-15(26)11-19(20)27/h2-11H,12H2,1H3,(H,28,29). The number of anilines is 1. The topological polar surface area (TPSA) is 59.3 Å². The molecule has 0 aliphatic heterocycles. The smallest absolute Gasteiger partial charge is 0.340 e. The fraction of sp³-hybridized carbons (Fsp3) is 0.0833. The monoisotopic (exact) mass is 439 g/mol. The minimum absolute atomic E-state index is 0.115. The van der Waals surface area contributed by atoms with Crippen molar-refractivity contribution >= 4 is 34.2 Å². The van der Waals surface area contributed by atoms with E-state index in [1.54, 1.807) is 18.2 Å². The van der Waals surface area contributed by atoms with Crippen LogP contribution in [0.4, 0.5) is 14.5 Å². The third-order valence-electron chi connectivity index (χ3n) is 4.92. The summed E-state index contributed by atoms with van der Waals surface area (Å²) in [6.07, 6.45) is -0.370. The van der Waals surface area contributed by atoms with Gasteiger partial charge in [0.1, 0.15) is 17.2 Å². The Morgan fingerprint density at radius 1 is 1.06 bits per heavy atom. The Hall–Kier alpha value is -3.51. The molecule has 0 unspecified atom stereocenters. The Balaban J connectivity index is 1.84. The van der Waals surface area contributed by atoms with Gasteiger partial charge in [-0.15, -0.1) is 0 Å². The summed E-state index contributed by atoms with van der Waals surface area (Å²) in [6, 6.07) is 15.1. The second-order valence-corrected chi connectivity index (χ2v) is 7.48. The molecular weight excluding hydrogens is 424 g/mol. The minimum Gasteiger partial charge on any atom is -0.422 e. The number of halogens is 3. The van der Waals surface area contributed by atoms with E-state index in [2.05, 4.69) is 5.32 Å². The highest BCUT2D eigenvalue weighted by molar-refractivity contribution is 6.31. The highest BCUT2D eigenvalue weighted by atomic mass is 35.5. The number of nitrogens with one attached hydrogen (secondary N) is 1. The number of carbonyl (C=O) groups excluding carboxylic acids is 1. The molecule has 0 saturated carbocycles. The number of fused-ring (bicyclic) bond motifs is 1. The maximum Gasteiger partial charge on any atom is 0.340 e. The van der Waals surface area contributed by atoms with Gasteiger partial charge in [-0.1, -0.05) is 35.9 Å². The molecule has 0 spiro atoms. The summed E-state index contributed by atoms with van der Waals surface area (Å²) in [5.41, 5.74) is 1.76. The van der Waals surface area contributed by atoms with Crippen molar-refractivity contribution in [1.82, 2.24) is 0 Å². The second kappa shape index (κ2) is 8.32. The van der Waals surface area contributed by atoms with Crippen molar-refractivity contribution < 1.29 is 18.0 Å². The number of carbonyl (C=O) groups is 1. The first-order chi connectivity index (χ1) is 14.8. The van der Waals surface area contributed by atoms with Crippen molar-refractivity contribution in [3.8, 4) is 11.1 Å². The number of hydrogen-bond acceptors (Lipinski definition) is 3. The maximum atomic E-state index is 13.9. The fourth-order valence-electron chi connectivity index (χ4n) is 3.48. The van der Waals surface area contributed by atoms with E-state index < -0.39 is 23.2 Å². The van der Waals surface area contributed by atoms with E-state index in [0.29, 0.717) is 27.6 Å². The van der Waals surface area contributed by atoms with E-state index in [1.807, 2.05) is 31.2 Å². The van der Waals surface area contributed by atoms with Crippen LogP contribution in [0.15, 0.2) is 69.9 Å². The quantitative estimate of drug-likeness (QED) is 0.404. The number of rotatable bonds is 4. The van der Waals surface area contributed by atoms with Crippen LogP contribution in [0.1, 0.15) is 11.1 Å². The lowest BCUT2D eigenvalue weighted by atomic mass is 9.92. The fourth-order valence-corrected chi connectivity index (χ4v) is 3.65. The van der Waals surface area contributed by atoms with Crippen LogP contribution in [-0.2, 0) is 11.2 Å². The minimum atomic E-state index is -0.912. The molecule has 1 heterocycles. The Morgan fingerprint density at radius 2 is 1.84 bits per heavy atom. The van der Waals surface area contributed by atoms with Gasteiger partial charge in [0.2, 0.25) is 5.91 Å². The van der Waals surface area contributed by atoms with Crippen LogP contribution in [0.2, 0.25) is 5.02 Å². The molecule has 156 valence electrons. The maximum absolute atomic E-state index is 13.9. The molecule has 0 bridgehead atoms. The molecule has 1 amide bonds. The van der Waals surface area contributed by atoms with E-state index in [9.17, 15) is 18.4 Å². The van der Waals surface area contributed by atoms with Gasteiger partial charge in [-0.2, -0.15) is 0 Å². The molecule has 4 aromatic rings. The summed E-state index contributed by atoms with van der Waals surface area (Å²) in [5.74, 6) is -2.32. The molecule has 7 heteroatoms. The zero-order valence-corrected chi connectivity index (χ0v) is 17.1. The van der Waals surface area contributed by atoms with Crippen LogP contribution in [0.25, 0.3) is 22.1 Å². The van der Waals surface area contributed by atoms with E-state index in [4.69, 9.17) is 16.0 Å². The average molecular weight is 440 g/mol. The number of aryl methyl sites for hydroxylation is 1. The van der Waals surface area contributed by atoms with E-state index in [0.717, 1.165) is 23.3 Å². The largest absolute Gasteiger partial charge is 0.422 e. The summed E-state index contributed by atoms with van der Waals surface area (Å²) in [6.45, 7) is 1.89. The van der Waals surface area contributed by atoms with Crippen LogP contribution in [0.5, 0.6) is 0 Å². The Kier molecular flexibility index (Phi) is 5.57. The SMILES string of the molecule is Cc1ccccc1-c1c(CC(=O)Nc2ccc(F)cc2F)c(=O)oc2ccc(Cl)cc12. The van der Waals surface area contributed by atoms with E-state index in [1.165, 1.54) is 0 Å². The van der Waals surface area contributed by atoms with Crippen molar-refractivity contribution in [3.05, 3.63) is 98.9 Å². The van der Waals surface area contributed by atoms with Gasteiger partial charge < -0.3 is 9.73 Å². The molecule has 3 aromatic carbocycles. The molecule has 0 aliphatic rings. The summed E-state index contributed by atoms with van der Waals surface area (Å²) >= 11 is 6.18. The molecular formula is C24H16ClF2NO3. The molecule has 0 aliphatic carbocycles. The highest BCUT2D eigenvalue weighted by Gasteiger charge is 2.21. The lowest BCUT2D eigenvalue weighted by molar-refractivity contribution is -0.115. The summed E-state index contributed by atoms with van der Waals surface area (Å²) in [5, 5.41) is 3.40. The highest BCUT2D eigenvalue weighted by Crippen LogP contribution is 2.34. The molecule has 0 fully saturated rings. The second-order valence-electron chi connectivity index (χ2n) is 7.05. The first-order valence-corrected chi connectivity index (χ1v) is 9.77. The van der Waals surface area contributed by atoms with Gasteiger partial charge in [0.05, 0.1) is 17.7 Å². The zero-order chi connectivity index (χ0) is 22.1. The van der Waals surface area contributed by atoms with Crippen molar-refractivity contribution in [2.24, 2.45) is 0 Å². The molecule has 0 radical (unpaired) electrons. The van der Waals surface area contributed by atoms with Gasteiger partial charge in [-0.05, 0) is 48.4 Å². The van der Waals surface area contributed by atoms with Gasteiger partial charge in [-0.25, -0.2) is 13.6 Å². The van der Waals surface area contributed by atoms with Crippen molar-refractivity contribution in [2.75, 3.05) is 5.32 Å². The Labute approximate surface area is 181 Å². The van der Waals surface area contributed by atoms with Crippen molar-refractivity contribution in [2.45, 2.75) is 13.3 Å². The third-order valence-corrected chi connectivity index (χ3v) is 5.15. The molecule has 1 N–H and O–H groups in total. The molecule has 1 aromatic heterocycles. The normalized spacial score (nSPS) is 11.0. The summed E-state index contributed by atoms with van der Waals surface area (Å²) < 4.78 is 32.5. The van der Waals surface area contributed by atoms with E-state index in [-0.39, 0.29) is 17.7 Å². The van der Waals surface area contributed by atoms with Crippen LogP contribution in [0, 0.1) is 18.6 Å². The van der Waals surface area contributed by atoms with Gasteiger partial charge >= 0.3 is 5.63 Å². The van der Waals surface area contributed by atoms with Crippen molar-refractivity contribution in [1.29, 1.82) is 0 Å². The average Bonchev–Trinajstić information content (AvgIpc) is 2.72. The number of amides is 1. The summed E-state index contributed by atoms with van der Waals surface area (Å²) in [4.78, 5) is 25.5. The van der Waals surface area contributed by atoms with Crippen LogP contribution in [0.3, 0.4) is 0 Å². The molecule has 4 rings (SSSR count). The van der Waals surface area contributed by atoms with Crippen LogP contribution < -0.4 is 10.9 Å². The molecule has 4 nitrogen and oxygen atoms in total.